The summed E-state index contributed by atoms with van der Waals surface area (Å²) in [6.07, 6.45) is 3.68. The van der Waals surface area contributed by atoms with E-state index in [9.17, 15) is 4.79 Å². The monoisotopic (exact) mass is 364 g/mol. The lowest BCUT2D eigenvalue weighted by Crippen LogP contribution is -2.46. The first kappa shape index (κ1) is 19.3. The van der Waals surface area contributed by atoms with E-state index >= 15 is 0 Å². The number of aromatic nitrogens is 2. The Morgan fingerprint density at radius 1 is 1.40 bits per heavy atom. The van der Waals surface area contributed by atoms with Crippen LogP contribution in [0, 0.1) is 6.92 Å². The molecule has 6 nitrogen and oxygen atoms in total. The van der Waals surface area contributed by atoms with Crippen molar-refractivity contribution in [1.82, 2.24) is 20.4 Å². The van der Waals surface area contributed by atoms with E-state index < -0.39 is 0 Å². The third-order valence-corrected chi connectivity index (χ3v) is 4.36. The van der Waals surface area contributed by atoms with E-state index in [1.807, 2.05) is 25.1 Å². The Balaban J connectivity index is 0.00000225. The number of rotatable bonds is 4. The molecule has 0 bridgehead atoms. The van der Waals surface area contributed by atoms with Crippen LogP contribution < -0.4 is 15.4 Å². The summed E-state index contributed by atoms with van der Waals surface area (Å²) in [5.74, 6) is 0.599. The molecule has 2 atom stereocenters. The van der Waals surface area contributed by atoms with E-state index in [1.54, 1.807) is 24.1 Å². The number of ether oxygens (including phenoxy) is 1. The van der Waals surface area contributed by atoms with Crippen molar-refractivity contribution in [3.63, 3.8) is 0 Å². The van der Waals surface area contributed by atoms with E-state index in [-0.39, 0.29) is 24.4 Å². The Hall–Kier alpha value is -2.05. The molecule has 2 N–H and O–H groups in total. The molecule has 2 heterocycles. The number of hydrogen-bond donors (Lipinski definition) is 2. The maximum Gasteiger partial charge on any atom is 0.272 e. The number of halogens is 1. The van der Waals surface area contributed by atoms with Gasteiger partial charge in [0, 0.05) is 18.3 Å². The van der Waals surface area contributed by atoms with Gasteiger partial charge in [-0.25, -0.2) is 4.68 Å². The summed E-state index contributed by atoms with van der Waals surface area (Å²) in [6, 6.07) is 8.25. The van der Waals surface area contributed by atoms with Crippen LogP contribution in [0.4, 0.5) is 0 Å². The zero-order valence-corrected chi connectivity index (χ0v) is 15.6. The molecule has 0 aliphatic carbocycles. The topological polar surface area (TPSA) is 68.2 Å². The third-order valence-electron chi connectivity index (χ3n) is 4.36. The number of methoxy groups -OCH3 is 1. The second-order valence-electron chi connectivity index (χ2n) is 6.37. The van der Waals surface area contributed by atoms with Crippen LogP contribution in [0.15, 0.2) is 30.5 Å². The predicted octanol–water partition coefficient (Wildman–Crippen LogP) is 2.48. The Kier molecular flexibility index (Phi) is 6.45. The van der Waals surface area contributed by atoms with Gasteiger partial charge < -0.3 is 15.4 Å². The van der Waals surface area contributed by atoms with Gasteiger partial charge in [0.05, 0.1) is 7.11 Å². The summed E-state index contributed by atoms with van der Waals surface area (Å²) < 4.78 is 7.08. The molecule has 3 rings (SSSR count). The van der Waals surface area contributed by atoms with Gasteiger partial charge in [-0.15, -0.1) is 12.4 Å². The van der Waals surface area contributed by atoms with E-state index in [4.69, 9.17) is 4.74 Å². The SMILES string of the molecule is COc1ccc(C)cc1-n1ccc(C(=O)NC2CCNC(C)C2)n1.Cl. The standard InChI is InChI=1S/C18H24N4O2.ClH/c1-12-4-5-17(24-3)16(10-12)22-9-7-15(21-22)18(23)20-14-6-8-19-13(2)11-14;/h4-5,7,9-10,13-14,19H,6,8,11H2,1-3H3,(H,20,23);1H. The van der Waals surface area contributed by atoms with Gasteiger partial charge in [0.2, 0.25) is 0 Å². The molecular formula is C18H25ClN4O2. The van der Waals surface area contributed by atoms with Gasteiger partial charge in [-0.1, -0.05) is 6.07 Å². The van der Waals surface area contributed by atoms with Crippen molar-refractivity contribution < 1.29 is 9.53 Å². The fourth-order valence-corrected chi connectivity index (χ4v) is 3.08. The number of aryl methyl sites for hydroxylation is 1. The summed E-state index contributed by atoms with van der Waals surface area (Å²) >= 11 is 0. The average molecular weight is 365 g/mol. The molecule has 25 heavy (non-hydrogen) atoms. The molecule has 1 amide bonds. The number of amides is 1. The van der Waals surface area contributed by atoms with Gasteiger partial charge in [0.1, 0.15) is 11.4 Å². The molecule has 1 aliphatic heterocycles. The number of benzene rings is 1. The molecule has 0 spiro atoms. The highest BCUT2D eigenvalue weighted by molar-refractivity contribution is 5.92. The molecule has 0 radical (unpaired) electrons. The zero-order valence-electron chi connectivity index (χ0n) is 14.8. The van der Waals surface area contributed by atoms with Crippen molar-refractivity contribution in [3.8, 4) is 11.4 Å². The van der Waals surface area contributed by atoms with Gasteiger partial charge in [-0.3, -0.25) is 4.79 Å². The van der Waals surface area contributed by atoms with Crippen molar-refractivity contribution >= 4 is 18.3 Å². The zero-order chi connectivity index (χ0) is 17.1. The van der Waals surface area contributed by atoms with Gasteiger partial charge in [-0.2, -0.15) is 5.10 Å². The molecule has 1 saturated heterocycles. The average Bonchev–Trinajstić information content (AvgIpc) is 3.05. The van der Waals surface area contributed by atoms with E-state index in [0.717, 1.165) is 36.4 Å². The van der Waals surface area contributed by atoms with Crippen LogP contribution in [-0.2, 0) is 0 Å². The van der Waals surface area contributed by atoms with Crippen molar-refractivity contribution in [3.05, 3.63) is 41.7 Å². The summed E-state index contributed by atoms with van der Waals surface area (Å²) in [5.41, 5.74) is 2.35. The van der Waals surface area contributed by atoms with Crippen LogP contribution in [0.2, 0.25) is 0 Å². The maximum absolute atomic E-state index is 12.4. The number of carbonyl (C=O) groups is 1. The Bertz CT molecular complexity index is 732. The summed E-state index contributed by atoms with van der Waals surface area (Å²) in [7, 11) is 1.63. The molecule has 0 saturated carbocycles. The normalized spacial score (nSPS) is 19.8. The lowest BCUT2D eigenvalue weighted by molar-refractivity contribution is 0.0920. The molecule has 1 fully saturated rings. The maximum atomic E-state index is 12.4. The molecule has 7 heteroatoms. The fourth-order valence-electron chi connectivity index (χ4n) is 3.08. The lowest BCUT2D eigenvalue weighted by Gasteiger charge is -2.28. The molecule has 136 valence electrons. The highest BCUT2D eigenvalue weighted by Gasteiger charge is 2.21. The highest BCUT2D eigenvalue weighted by Crippen LogP contribution is 2.23. The van der Waals surface area contributed by atoms with Gasteiger partial charge in [-0.05, 0) is 57.0 Å². The van der Waals surface area contributed by atoms with E-state index in [0.29, 0.717) is 11.7 Å². The van der Waals surface area contributed by atoms with E-state index in [1.165, 1.54) is 0 Å². The second-order valence-corrected chi connectivity index (χ2v) is 6.37. The van der Waals surface area contributed by atoms with Gasteiger partial charge in [0.15, 0.2) is 5.69 Å². The first-order valence-electron chi connectivity index (χ1n) is 8.31. The molecule has 1 aromatic carbocycles. The van der Waals surface area contributed by atoms with Crippen molar-refractivity contribution in [2.24, 2.45) is 0 Å². The first-order chi connectivity index (χ1) is 11.6. The van der Waals surface area contributed by atoms with Crippen LogP contribution in [0.1, 0.15) is 35.8 Å². The minimum Gasteiger partial charge on any atom is -0.494 e. The van der Waals surface area contributed by atoms with Gasteiger partial charge in [0.25, 0.3) is 5.91 Å². The molecule has 1 aromatic heterocycles. The Morgan fingerprint density at radius 3 is 2.92 bits per heavy atom. The second kappa shape index (κ2) is 8.36. The molecule has 2 aromatic rings. The number of carbonyl (C=O) groups excluding carboxylic acids is 1. The van der Waals surface area contributed by atoms with Crippen LogP contribution >= 0.6 is 12.4 Å². The molecule has 1 aliphatic rings. The number of piperidine rings is 1. The Morgan fingerprint density at radius 2 is 2.20 bits per heavy atom. The number of nitrogens with one attached hydrogen (secondary N) is 2. The lowest BCUT2D eigenvalue weighted by atomic mass is 10.0. The van der Waals surface area contributed by atoms with Crippen LogP contribution in [0.3, 0.4) is 0 Å². The summed E-state index contributed by atoms with van der Waals surface area (Å²) in [5, 5.41) is 10.9. The minimum atomic E-state index is -0.125. The highest BCUT2D eigenvalue weighted by atomic mass is 35.5. The van der Waals surface area contributed by atoms with Crippen molar-refractivity contribution in [2.75, 3.05) is 13.7 Å². The minimum absolute atomic E-state index is 0. The number of hydrogen-bond acceptors (Lipinski definition) is 4. The fraction of sp³-hybridized carbons (Fsp3) is 0.444. The largest absolute Gasteiger partial charge is 0.494 e. The molecule has 2 unspecified atom stereocenters. The van der Waals surface area contributed by atoms with Crippen molar-refractivity contribution in [1.29, 1.82) is 0 Å². The predicted molar refractivity (Wildman–Crippen MR) is 100 cm³/mol. The first-order valence-corrected chi connectivity index (χ1v) is 8.31. The quantitative estimate of drug-likeness (QED) is 0.874. The summed E-state index contributed by atoms with van der Waals surface area (Å²) in [4.78, 5) is 12.4. The van der Waals surface area contributed by atoms with Crippen LogP contribution in [-0.4, -0.2) is 41.4 Å². The van der Waals surface area contributed by atoms with Crippen LogP contribution in [0.5, 0.6) is 5.75 Å². The smallest absolute Gasteiger partial charge is 0.272 e. The van der Waals surface area contributed by atoms with Crippen LogP contribution in [0.25, 0.3) is 5.69 Å². The third kappa shape index (κ3) is 4.52. The summed E-state index contributed by atoms with van der Waals surface area (Å²) in [6.45, 7) is 5.08. The Labute approximate surface area is 154 Å². The van der Waals surface area contributed by atoms with Crippen molar-refractivity contribution in [2.45, 2.75) is 38.8 Å². The molecular weight excluding hydrogens is 340 g/mol. The van der Waals surface area contributed by atoms with E-state index in [2.05, 4.69) is 22.7 Å². The van der Waals surface area contributed by atoms with Gasteiger partial charge >= 0.3 is 0 Å². The number of nitrogens with zero attached hydrogens (tertiary/aromatic N) is 2.